The summed E-state index contributed by atoms with van der Waals surface area (Å²) in [6.45, 7) is 3.27. The fourth-order valence-corrected chi connectivity index (χ4v) is 4.20. The predicted octanol–water partition coefficient (Wildman–Crippen LogP) is 6.19. The zero-order chi connectivity index (χ0) is 22.0. The summed E-state index contributed by atoms with van der Waals surface area (Å²) in [5, 5.41) is 5.97. The van der Waals surface area contributed by atoms with Gasteiger partial charge in [0.2, 0.25) is 5.95 Å². The summed E-state index contributed by atoms with van der Waals surface area (Å²) in [4.78, 5) is 7.06. The van der Waals surface area contributed by atoms with Crippen molar-refractivity contribution in [1.29, 1.82) is 0 Å². The molecule has 1 aromatic heterocycles. The maximum absolute atomic E-state index is 13.5. The van der Waals surface area contributed by atoms with E-state index in [0.717, 1.165) is 42.9 Å². The summed E-state index contributed by atoms with van der Waals surface area (Å²) in [6, 6.07) is 11.8. The van der Waals surface area contributed by atoms with Gasteiger partial charge >= 0.3 is 0 Å². The number of nitrogens with zero attached hydrogens (tertiary/aromatic N) is 4. The van der Waals surface area contributed by atoms with Crippen LogP contribution in [0.1, 0.15) is 49.5 Å². The highest BCUT2D eigenvalue weighted by atomic mass is 35.5. The van der Waals surface area contributed by atoms with Crippen molar-refractivity contribution in [3.63, 3.8) is 0 Å². The second kappa shape index (κ2) is 9.55. The highest BCUT2D eigenvalue weighted by molar-refractivity contribution is 6.35. The first-order valence-corrected chi connectivity index (χ1v) is 11.2. The molecule has 1 aliphatic carbocycles. The largest absolute Gasteiger partial charge is 0.382 e. The molecule has 164 valence electrons. The first-order valence-electron chi connectivity index (χ1n) is 10.4. The Morgan fingerprint density at radius 2 is 1.94 bits per heavy atom. The molecule has 1 atom stereocenters. The number of hydrogen-bond acceptors (Lipinski definition) is 4. The fourth-order valence-electron chi connectivity index (χ4n) is 3.72. The molecule has 1 fully saturated rings. The predicted molar refractivity (Wildman–Crippen MR) is 122 cm³/mol. The molecule has 0 aliphatic heterocycles. The third-order valence-corrected chi connectivity index (χ3v) is 5.92. The van der Waals surface area contributed by atoms with Gasteiger partial charge in [0.1, 0.15) is 11.6 Å². The molecule has 0 N–H and O–H groups in total. The second-order valence-corrected chi connectivity index (χ2v) is 8.61. The van der Waals surface area contributed by atoms with Gasteiger partial charge < -0.3 is 9.64 Å². The molecule has 31 heavy (non-hydrogen) atoms. The molecular weight excluding hydrogens is 438 g/mol. The summed E-state index contributed by atoms with van der Waals surface area (Å²) in [5.74, 6) is 1.61. The lowest BCUT2D eigenvalue weighted by atomic mass is 10.1. The minimum absolute atomic E-state index is 0.144. The second-order valence-electron chi connectivity index (χ2n) is 7.77. The van der Waals surface area contributed by atoms with Crippen molar-refractivity contribution in [1.82, 2.24) is 14.8 Å². The fraction of sp³-hybridized carbons (Fsp3) is 0.391. The normalized spacial score (nSPS) is 14.6. The van der Waals surface area contributed by atoms with Gasteiger partial charge in [-0.15, -0.1) is 5.10 Å². The molecule has 0 unspecified atom stereocenters. The van der Waals surface area contributed by atoms with Crippen molar-refractivity contribution >= 4 is 29.2 Å². The SMILES string of the molecule is CCCN(c1nc(C2CC2)n(-c2ccc(Cl)cc2Cl)n1)[C@@H](COC)c1ccc(F)cc1. The minimum Gasteiger partial charge on any atom is -0.382 e. The first-order chi connectivity index (χ1) is 15.0. The number of ether oxygens (including phenoxy) is 1. The van der Waals surface area contributed by atoms with Gasteiger partial charge in [0.15, 0.2) is 0 Å². The van der Waals surface area contributed by atoms with Gasteiger partial charge in [-0.1, -0.05) is 42.3 Å². The Morgan fingerprint density at radius 1 is 1.19 bits per heavy atom. The molecule has 0 radical (unpaired) electrons. The van der Waals surface area contributed by atoms with Gasteiger partial charge in [-0.3, -0.25) is 0 Å². The van der Waals surface area contributed by atoms with E-state index in [9.17, 15) is 4.39 Å². The lowest BCUT2D eigenvalue weighted by molar-refractivity contribution is 0.176. The van der Waals surface area contributed by atoms with Gasteiger partial charge in [0.05, 0.1) is 23.4 Å². The van der Waals surface area contributed by atoms with E-state index in [4.69, 9.17) is 38.0 Å². The van der Waals surface area contributed by atoms with Crippen LogP contribution < -0.4 is 4.90 Å². The Bertz CT molecular complexity index is 1040. The van der Waals surface area contributed by atoms with Crippen LogP contribution in [0.2, 0.25) is 10.0 Å². The van der Waals surface area contributed by atoms with Crippen LogP contribution in [0.15, 0.2) is 42.5 Å². The summed E-state index contributed by atoms with van der Waals surface area (Å²) in [6.07, 6.45) is 3.06. The van der Waals surface area contributed by atoms with Crippen molar-refractivity contribution in [2.75, 3.05) is 25.2 Å². The Labute approximate surface area is 191 Å². The summed E-state index contributed by atoms with van der Waals surface area (Å²) in [7, 11) is 1.66. The molecule has 0 spiro atoms. The van der Waals surface area contributed by atoms with E-state index in [0.29, 0.717) is 28.5 Å². The van der Waals surface area contributed by atoms with Gasteiger partial charge in [-0.05, 0) is 55.2 Å². The van der Waals surface area contributed by atoms with E-state index in [-0.39, 0.29) is 11.9 Å². The lowest BCUT2D eigenvalue weighted by Crippen LogP contribution is -2.33. The van der Waals surface area contributed by atoms with E-state index in [2.05, 4.69) is 11.8 Å². The van der Waals surface area contributed by atoms with Gasteiger partial charge in [0.25, 0.3) is 0 Å². The van der Waals surface area contributed by atoms with Crippen LogP contribution in [0.4, 0.5) is 10.3 Å². The van der Waals surface area contributed by atoms with Crippen LogP contribution in [-0.2, 0) is 4.74 Å². The maximum atomic E-state index is 13.5. The van der Waals surface area contributed by atoms with Gasteiger partial charge in [-0.2, -0.15) is 4.98 Å². The Kier molecular flexibility index (Phi) is 6.80. The molecule has 8 heteroatoms. The maximum Gasteiger partial charge on any atom is 0.246 e. The monoisotopic (exact) mass is 462 g/mol. The highest BCUT2D eigenvalue weighted by Crippen LogP contribution is 2.42. The Balaban J connectivity index is 1.78. The standard InChI is InChI=1S/C23H25Cl2FN4O/c1-3-12-29(21(14-31-2)15-6-9-18(26)10-7-15)23-27-22(16-4-5-16)30(28-23)20-11-8-17(24)13-19(20)25/h6-11,13,16,21H,3-5,12,14H2,1-2H3/t21-/m0/s1. The zero-order valence-corrected chi connectivity index (χ0v) is 19.1. The van der Waals surface area contributed by atoms with Crippen molar-refractivity contribution in [3.8, 4) is 5.69 Å². The van der Waals surface area contributed by atoms with Crippen LogP contribution in [0, 0.1) is 5.82 Å². The van der Waals surface area contributed by atoms with E-state index in [1.165, 1.54) is 12.1 Å². The van der Waals surface area contributed by atoms with Gasteiger partial charge in [0, 0.05) is 24.6 Å². The van der Waals surface area contributed by atoms with E-state index in [1.54, 1.807) is 31.4 Å². The topological polar surface area (TPSA) is 43.2 Å². The van der Waals surface area contributed by atoms with E-state index < -0.39 is 0 Å². The first kappa shape index (κ1) is 22.1. The number of benzene rings is 2. The summed E-state index contributed by atoms with van der Waals surface area (Å²) >= 11 is 12.6. The molecule has 0 bridgehead atoms. The smallest absolute Gasteiger partial charge is 0.246 e. The molecule has 0 amide bonds. The molecule has 1 heterocycles. The summed E-state index contributed by atoms with van der Waals surface area (Å²) in [5.41, 5.74) is 1.71. The van der Waals surface area contributed by atoms with E-state index in [1.807, 2.05) is 10.7 Å². The quantitative estimate of drug-likeness (QED) is 0.379. The third kappa shape index (κ3) is 4.86. The molecule has 3 aromatic rings. The number of hydrogen-bond donors (Lipinski definition) is 0. The van der Waals surface area contributed by atoms with Crippen molar-refractivity contribution in [3.05, 3.63) is 69.7 Å². The Hall–Kier alpha value is -2.15. The number of methoxy groups -OCH3 is 1. The molecular formula is C23H25Cl2FN4O. The molecule has 1 aliphatic rings. The molecule has 5 nitrogen and oxygen atoms in total. The molecule has 4 rings (SSSR count). The van der Waals surface area contributed by atoms with E-state index >= 15 is 0 Å². The van der Waals surface area contributed by atoms with Crippen LogP contribution >= 0.6 is 23.2 Å². The van der Waals surface area contributed by atoms with Crippen LogP contribution in [0.5, 0.6) is 0 Å². The Morgan fingerprint density at radius 3 is 2.55 bits per heavy atom. The number of anilines is 1. The molecule has 1 saturated carbocycles. The molecule has 0 saturated heterocycles. The number of rotatable bonds is 9. The van der Waals surface area contributed by atoms with Crippen molar-refractivity contribution < 1.29 is 9.13 Å². The summed E-state index contributed by atoms with van der Waals surface area (Å²) < 4.78 is 20.9. The van der Waals surface area contributed by atoms with Crippen LogP contribution in [0.25, 0.3) is 5.69 Å². The van der Waals surface area contributed by atoms with Crippen molar-refractivity contribution in [2.24, 2.45) is 0 Å². The van der Waals surface area contributed by atoms with Gasteiger partial charge in [-0.25, -0.2) is 9.07 Å². The zero-order valence-electron chi connectivity index (χ0n) is 17.6. The minimum atomic E-state index is -0.266. The average molecular weight is 463 g/mol. The third-order valence-electron chi connectivity index (χ3n) is 5.38. The van der Waals surface area contributed by atoms with Crippen molar-refractivity contribution in [2.45, 2.75) is 38.1 Å². The highest BCUT2D eigenvalue weighted by Gasteiger charge is 2.33. The number of halogens is 3. The number of aromatic nitrogens is 3. The average Bonchev–Trinajstić information content (AvgIpc) is 3.51. The van der Waals surface area contributed by atoms with Crippen LogP contribution in [-0.4, -0.2) is 35.0 Å². The molecule has 2 aromatic carbocycles. The van der Waals surface area contributed by atoms with Crippen LogP contribution in [0.3, 0.4) is 0 Å². The lowest BCUT2D eigenvalue weighted by Gasteiger charge is -2.30.